The summed E-state index contributed by atoms with van der Waals surface area (Å²) < 4.78 is 0. The molecule has 5 unspecified atom stereocenters. The zero-order valence-corrected chi connectivity index (χ0v) is 12.9. The molecule has 2 fully saturated rings. The topological polar surface area (TPSA) is 12.0 Å². The Kier molecular flexibility index (Phi) is 5.12. The van der Waals surface area contributed by atoms with E-state index in [0.29, 0.717) is 0 Å². The molecule has 2 rings (SSSR count). The lowest BCUT2D eigenvalue weighted by molar-refractivity contribution is 0.257. The molecule has 5 atom stereocenters. The summed E-state index contributed by atoms with van der Waals surface area (Å²) in [6.45, 7) is 7.13. The summed E-state index contributed by atoms with van der Waals surface area (Å²) in [5.74, 6) is 4.96. The van der Waals surface area contributed by atoms with Crippen LogP contribution < -0.4 is 5.32 Å². The first kappa shape index (κ1) is 14.4. The lowest BCUT2D eigenvalue weighted by Gasteiger charge is -2.28. The van der Waals surface area contributed by atoms with Gasteiger partial charge < -0.3 is 5.32 Å². The third-order valence-corrected chi connectivity index (χ3v) is 5.44. The van der Waals surface area contributed by atoms with E-state index in [1.165, 1.54) is 32.1 Å². The highest BCUT2D eigenvalue weighted by Crippen LogP contribution is 2.50. The average Bonchev–Trinajstić information content (AvgIpc) is 2.88. The molecule has 0 aromatic rings. The molecule has 2 saturated carbocycles. The summed E-state index contributed by atoms with van der Waals surface area (Å²) in [6, 6.07) is 0.767. The van der Waals surface area contributed by atoms with Gasteiger partial charge in [0.2, 0.25) is 0 Å². The van der Waals surface area contributed by atoms with E-state index in [2.05, 4.69) is 33.1 Å². The van der Waals surface area contributed by atoms with Gasteiger partial charge in [0.15, 0.2) is 0 Å². The minimum absolute atomic E-state index is 0.767. The first-order valence-corrected chi connectivity index (χ1v) is 8.25. The Morgan fingerprint density at radius 3 is 2.33 bits per heavy atom. The highest BCUT2D eigenvalue weighted by atomic mass is 14.9. The van der Waals surface area contributed by atoms with Crippen LogP contribution in [0.5, 0.6) is 0 Å². The number of fused-ring (bicyclic) bond motifs is 2. The van der Waals surface area contributed by atoms with Crippen molar-refractivity contribution in [1.29, 1.82) is 0 Å². The van der Waals surface area contributed by atoms with E-state index in [1.54, 1.807) is 12.8 Å². The minimum Gasteiger partial charge on any atom is -0.317 e. The van der Waals surface area contributed by atoms with Crippen molar-refractivity contribution in [1.82, 2.24) is 5.32 Å². The van der Waals surface area contributed by atoms with Crippen LogP contribution in [-0.2, 0) is 0 Å². The summed E-state index contributed by atoms with van der Waals surface area (Å²) >= 11 is 0. The Morgan fingerprint density at radius 1 is 1.06 bits per heavy atom. The Hall–Kier alpha value is -0.0400. The van der Waals surface area contributed by atoms with Crippen LogP contribution in [0.15, 0.2) is 0 Å². The second-order valence-electron chi connectivity index (χ2n) is 7.63. The zero-order chi connectivity index (χ0) is 13.1. The first-order chi connectivity index (χ1) is 8.58. The third-order valence-electron chi connectivity index (χ3n) is 5.44. The highest BCUT2D eigenvalue weighted by Gasteiger charge is 2.39. The lowest BCUT2D eigenvalue weighted by atomic mass is 9.81. The molecule has 106 valence electrons. The lowest BCUT2D eigenvalue weighted by Crippen LogP contribution is -2.31. The van der Waals surface area contributed by atoms with E-state index >= 15 is 0 Å². The molecule has 2 bridgehead atoms. The fourth-order valence-electron chi connectivity index (χ4n) is 4.75. The smallest absolute Gasteiger partial charge is 0.00693 e. The standard InChI is InChI=1S/C17H33N/c1-12(2)7-13(3)8-17(18-4)11-16-10-14-5-6-15(16)9-14/h12-18H,5-11H2,1-4H3. The van der Waals surface area contributed by atoms with Gasteiger partial charge in [0.25, 0.3) is 0 Å². The molecular formula is C17H33N. The monoisotopic (exact) mass is 251 g/mol. The second-order valence-corrected chi connectivity index (χ2v) is 7.63. The Labute approximate surface area is 114 Å². The summed E-state index contributed by atoms with van der Waals surface area (Å²) in [4.78, 5) is 0. The maximum atomic E-state index is 3.59. The van der Waals surface area contributed by atoms with E-state index in [4.69, 9.17) is 0 Å². The summed E-state index contributed by atoms with van der Waals surface area (Å²) in [5.41, 5.74) is 0. The Bertz CT molecular complexity index is 248. The molecular weight excluding hydrogens is 218 g/mol. The van der Waals surface area contributed by atoms with Gasteiger partial charge >= 0.3 is 0 Å². The molecule has 2 aliphatic rings. The maximum absolute atomic E-state index is 3.59. The molecule has 0 aromatic heterocycles. The minimum atomic E-state index is 0.767. The van der Waals surface area contributed by atoms with Gasteiger partial charge in [-0.25, -0.2) is 0 Å². The number of hydrogen-bond acceptors (Lipinski definition) is 1. The van der Waals surface area contributed by atoms with Crippen LogP contribution in [-0.4, -0.2) is 13.1 Å². The molecule has 18 heavy (non-hydrogen) atoms. The van der Waals surface area contributed by atoms with Gasteiger partial charge in [-0.15, -0.1) is 0 Å². The van der Waals surface area contributed by atoms with Gasteiger partial charge in [0.1, 0.15) is 0 Å². The van der Waals surface area contributed by atoms with E-state index in [1.807, 2.05) is 0 Å². The number of nitrogens with one attached hydrogen (secondary N) is 1. The second kappa shape index (κ2) is 6.41. The molecule has 2 aliphatic carbocycles. The SMILES string of the molecule is CNC(CC(C)CC(C)C)CC1CC2CCC1C2. The van der Waals surface area contributed by atoms with Gasteiger partial charge in [-0.05, 0) is 75.2 Å². The highest BCUT2D eigenvalue weighted by molar-refractivity contribution is 4.91. The van der Waals surface area contributed by atoms with Crippen molar-refractivity contribution in [3.8, 4) is 0 Å². The summed E-state index contributed by atoms with van der Waals surface area (Å²) in [5, 5.41) is 3.59. The fraction of sp³-hybridized carbons (Fsp3) is 1.00. The molecule has 1 nitrogen and oxygen atoms in total. The van der Waals surface area contributed by atoms with Crippen LogP contribution in [0.3, 0.4) is 0 Å². The third kappa shape index (κ3) is 3.73. The number of hydrogen-bond donors (Lipinski definition) is 1. The molecule has 0 radical (unpaired) electrons. The Balaban J connectivity index is 1.75. The van der Waals surface area contributed by atoms with E-state index < -0.39 is 0 Å². The van der Waals surface area contributed by atoms with Crippen LogP contribution in [0.4, 0.5) is 0 Å². The number of rotatable bonds is 7. The van der Waals surface area contributed by atoms with Crippen LogP contribution in [0.1, 0.15) is 65.7 Å². The predicted octanol–water partition coefficient (Wildman–Crippen LogP) is 4.47. The van der Waals surface area contributed by atoms with Crippen LogP contribution in [0, 0.1) is 29.6 Å². The fourth-order valence-corrected chi connectivity index (χ4v) is 4.75. The van der Waals surface area contributed by atoms with Gasteiger partial charge in [-0.2, -0.15) is 0 Å². The predicted molar refractivity (Wildman–Crippen MR) is 79.6 cm³/mol. The first-order valence-electron chi connectivity index (χ1n) is 8.25. The van der Waals surface area contributed by atoms with E-state index in [0.717, 1.165) is 35.6 Å². The normalized spacial score (nSPS) is 34.2. The van der Waals surface area contributed by atoms with Crippen molar-refractivity contribution in [3.63, 3.8) is 0 Å². The van der Waals surface area contributed by atoms with Crippen molar-refractivity contribution >= 4 is 0 Å². The maximum Gasteiger partial charge on any atom is 0.00693 e. The van der Waals surface area contributed by atoms with Gasteiger partial charge in [-0.3, -0.25) is 0 Å². The van der Waals surface area contributed by atoms with Crippen LogP contribution in [0.2, 0.25) is 0 Å². The van der Waals surface area contributed by atoms with E-state index in [9.17, 15) is 0 Å². The van der Waals surface area contributed by atoms with Crippen molar-refractivity contribution in [3.05, 3.63) is 0 Å². The van der Waals surface area contributed by atoms with Gasteiger partial charge in [0, 0.05) is 6.04 Å². The summed E-state index contributed by atoms with van der Waals surface area (Å²) in [6.07, 6.45) is 10.4. The van der Waals surface area contributed by atoms with Gasteiger partial charge in [0.05, 0.1) is 0 Å². The van der Waals surface area contributed by atoms with Crippen LogP contribution >= 0.6 is 0 Å². The Morgan fingerprint density at radius 2 is 1.83 bits per heavy atom. The van der Waals surface area contributed by atoms with E-state index in [-0.39, 0.29) is 0 Å². The molecule has 0 saturated heterocycles. The largest absolute Gasteiger partial charge is 0.317 e. The molecule has 0 spiro atoms. The van der Waals surface area contributed by atoms with Crippen molar-refractivity contribution in [2.24, 2.45) is 29.6 Å². The van der Waals surface area contributed by atoms with Crippen LogP contribution in [0.25, 0.3) is 0 Å². The molecule has 1 N–H and O–H groups in total. The van der Waals surface area contributed by atoms with Gasteiger partial charge in [-0.1, -0.05) is 27.2 Å². The van der Waals surface area contributed by atoms with Crippen molar-refractivity contribution < 1.29 is 0 Å². The van der Waals surface area contributed by atoms with Crippen molar-refractivity contribution in [2.75, 3.05) is 7.05 Å². The molecule has 0 aromatic carbocycles. The average molecular weight is 251 g/mol. The van der Waals surface area contributed by atoms with Crippen molar-refractivity contribution in [2.45, 2.75) is 71.8 Å². The molecule has 0 aliphatic heterocycles. The zero-order valence-electron chi connectivity index (χ0n) is 12.9. The quantitative estimate of drug-likeness (QED) is 0.704. The summed E-state index contributed by atoms with van der Waals surface area (Å²) in [7, 11) is 2.17. The molecule has 0 amide bonds. The molecule has 1 heteroatoms. The molecule has 0 heterocycles.